The quantitative estimate of drug-likeness (QED) is 0.671. The van der Waals surface area contributed by atoms with E-state index in [-0.39, 0.29) is 0 Å². The largest absolute Gasteiger partial charge is 0.370 e. The van der Waals surface area contributed by atoms with E-state index in [2.05, 4.69) is 43.3 Å². The van der Waals surface area contributed by atoms with Gasteiger partial charge in [-0.15, -0.1) is 10.2 Å². The van der Waals surface area contributed by atoms with Gasteiger partial charge in [-0.2, -0.15) is 0 Å². The second-order valence-corrected chi connectivity index (χ2v) is 6.66. The molecule has 1 aromatic heterocycles. The van der Waals surface area contributed by atoms with Gasteiger partial charge in [0.05, 0.1) is 0 Å². The zero-order valence-electron chi connectivity index (χ0n) is 14.0. The number of nitrogens with one attached hydrogen (secondary N) is 1. The van der Waals surface area contributed by atoms with Crippen LogP contribution >= 0.6 is 0 Å². The lowest BCUT2D eigenvalue weighted by Crippen LogP contribution is -2.23. The Kier molecular flexibility index (Phi) is 4.19. The highest BCUT2D eigenvalue weighted by Crippen LogP contribution is 2.24. The minimum Gasteiger partial charge on any atom is -0.370 e. The van der Waals surface area contributed by atoms with Crippen molar-refractivity contribution in [1.29, 1.82) is 0 Å². The summed E-state index contributed by atoms with van der Waals surface area (Å²) in [5.41, 5.74) is 9.95. The highest BCUT2D eigenvalue weighted by atomic mass is 15.3. The molecule has 4 rings (SSSR count). The molecule has 3 N–H and O–H groups in total. The number of hydrogen-bond acceptors (Lipinski definition) is 3. The summed E-state index contributed by atoms with van der Waals surface area (Å²) in [6.07, 6.45) is 8.26. The molecule has 2 aliphatic rings. The van der Waals surface area contributed by atoms with Gasteiger partial charge >= 0.3 is 0 Å². The highest BCUT2D eigenvalue weighted by Gasteiger charge is 2.14. The van der Waals surface area contributed by atoms with Gasteiger partial charge in [-0.05, 0) is 55.4 Å². The molecule has 1 aliphatic heterocycles. The van der Waals surface area contributed by atoms with E-state index in [1.165, 1.54) is 43.2 Å². The number of hydrogen-bond donors (Lipinski definition) is 2. The normalized spacial score (nSPS) is 17.2. The Morgan fingerprint density at radius 3 is 2.96 bits per heavy atom. The van der Waals surface area contributed by atoms with E-state index in [0.717, 1.165) is 36.7 Å². The molecule has 0 unspecified atom stereocenters. The monoisotopic (exact) mass is 324 g/mol. The lowest BCUT2D eigenvalue weighted by molar-refractivity contribution is 0.606. The smallest absolute Gasteiger partial charge is 0.193 e. The zero-order chi connectivity index (χ0) is 16.4. The highest BCUT2D eigenvalue weighted by molar-refractivity contribution is 5.92. The molecule has 0 bridgehead atoms. The molecule has 0 radical (unpaired) electrons. The van der Waals surface area contributed by atoms with Crippen LogP contribution in [0.2, 0.25) is 0 Å². The summed E-state index contributed by atoms with van der Waals surface area (Å²) in [5, 5.41) is 11.8. The van der Waals surface area contributed by atoms with E-state index in [4.69, 9.17) is 5.73 Å². The fraction of sp³-hybridized carbons (Fsp3) is 0.500. The predicted molar refractivity (Wildman–Crippen MR) is 95.0 cm³/mol. The zero-order valence-corrected chi connectivity index (χ0v) is 14.0. The maximum Gasteiger partial charge on any atom is 0.193 e. The van der Waals surface area contributed by atoms with Crippen molar-refractivity contribution in [3.63, 3.8) is 0 Å². The van der Waals surface area contributed by atoms with Crippen LogP contribution in [0.3, 0.4) is 0 Å². The lowest BCUT2D eigenvalue weighted by Gasteiger charge is -2.08. The Labute approximate surface area is 142 Å². The lowest BCUT2D eigenvalue weighted by atomic mass is 10.1. The van der Waals surface area contributed by atoms with Gasteiger partial charge in [0.2, 0.25) is 0 Å². The molecule has 6 heteroatoms. The number of rotatable bonds is 3. The van der Waals surface area contributed by atoms with Gasteiger partial charge in [0, 0.05) is 18.7 Å². The van der Waals surface area contributed by atoms with Crippen LogP contribution in [-0.2, 0) is 32.4 Å². The fourth-order valence-electron chi connectivity index (χ4n) is 3.66. The molecular weight excluding hydrogens is 300 g/mol. The summed E-state index contributed by atoms with van der Waals surface area (Å²) in [5.74, 6) is 2.42. The molecule has 2 aromatic rings. The number of guanidine groups is 1. The first-order chi connectivity index (χ1) is 11.8. The van der Waals surface area contributed by atoms with Crippen molar-refractivity contribution >= 4 is 11.6 Å². The molecule has 0 fully saturated rings. The van der Waals surface area contributed by atoms with Crippen molar-refractivity contribution in [3.8, 4) is 0 Å². The Bertz CT molecular complexity index is 761. The standard InChI is InChI=1S/C18H24N6/c19-18(21-15-9-8-13-5-4-6-14(13)11-15)20-12-17-23-22-16-7-2-1-3-10-24(16)17/h8-9,11H,1-7,10,12H2,(H3,19,20,21). The molecule has 0 amide bonds. The van der Waals surface area contributed by atoms with Crippen LogP contribution < -0.4 is 11.1 Å². The van der Waals surface area contributed by atoms with Crippen LogP contribution in [0.25, 0.3) is 0 Å². The molecule has 2 heterocycles. The van der Waals surface area contributed by atoms with Gasteiger partial charge in [0.15, 0.2) is 11.8 Å². The van der Waals surface area contributed by atoms with E-state index in [1.807, 2.05) is 0 Å². The number of aromatic nitrogens is 3. The molecule has 1 aliphatic carbocycles. The maximum atomic E-state index is 6.06. The molecule has 0 atom stereocenters. The average Bonchev–Trinajstić information content (AvgIpc) is 3.13. The van der Waals surface area contributed by atoms with Gasteiger partial charge in [0.1, 0.15) is 12.4 Å². The van der Waals surface area contributed by atoms with Gasteiger partial charge in [-0.25, -0.2) is 4.99 Å². The number of benzene rings is 1. The molecule has 0 saturated heterocycles. The first-order valence-corrected chi connectivity index (χ1v) is 8.89. The maximum absolute atomic E-state index is 6.06. The van der Waals surface area contributed by atoms with Crippen LogP contribution in [0.5, 0.6) is 0 Å². The van der Waals surface area contributed by atoms with Gasteiger partial charge in [-0.3, -0.25) is 0 Å². The average molecular weight is 324 g/mol. The molecule has 6 nitrogen and oxygen atoms in total. The first kappa shape index (κ1) is 15.2. The number of fused-ring (bicyclic) bond motifs is 2. The fourth-order valence-corrected chi connectivity index (χ4v) is 3.66. The third kappa shape index (κ3) is 3.13. The third-order valence-electron chi connectivity index (χ3n) is 4.95. The molecule has 1 aromatic carbocycles. The summed E-state index contributed by atoms with van der Waals surface area (Å²) in [6, 6.07) is 6.46. The Balaban J connectivity index is 1.43. The Morgan fingerprint density at radius 1 is 1.08 bits per heavy atom. The SMILES string of the molecule is NC(=NCc1nnc2n1CCCCC2)Nc1ccc2c(c1)CCC2. The number of aliphatic imine (C=N–C) groups is 1. The molecule has 126 valence electrons. The predicted octanol–water partition coefficient (Wildman–Crippen LogP) is 2.42. The van der Waals surface area contributed by atoms with E-state index in [9.17, 15) is 0 Å². The minimum absolute atomic E-state index is 0.430. The van der Waals surface area contributed by atoms with E-state index in [0.29, 0.717) is 12.5 Å². The molecule has 0 saturated carbocycles. The van der Waals surface area contributed by atoms with Crippen molar-refractivity contribution < 1.29 is 0 Å². The number of anilines is 1. The van der Waals surface area contributed by atoms with Crippen LogP contribution in [0.1, 0.15) is 48.5 Å². The van der Waals surface area contributed by atoms with E-state index in [1.54, 1.807) is 0 Å². The van der Waals surface area contributed by atoms with Gasteiger partial charge in [-0.1, -0.05) is 12.5 Å². The Morgan fingerprint density at radius 2 is 2.00 bits per heavy atom. The van der Waals surface area contributed by atoms with Gasteiger partial charge in [0.25, 0.3) is 0 Å². The molecule has 0 spiro atoms. The number of aryl methyl sites for hydroxylation is 3. The van der Waals surface area contributed by atoms with Crippen LogP contribution in [0.15, 0.2) is 23.2 Å². The Hall–Kier alpha value is -2.37. The third-order valence-corrected chi connectivity index (χ3v) is 4.95. The first-order valence-electron chi connectivity index (χ1n) is 8.89. The second kappa shape index (κ2) is 6.63. The van der Waals surface area contributed by atoms with Crippen molar-refractivity contribution in [2.45, 2.75) is 58.0 Å². The summed E-state index contributed by atoms with van der Waals surface area (Å²) >= 11 is 0. The van der Waals surface area contributed by atoms with E-state index >= 15 is 0 Å². The van der Waals surface area contributed by atoms with Crippen LogP contribution in [-0.4, -0.2) is 20.7 Å². The van der Waals surface area contributed by atoms with Crippen molar-refractivity contribution in [1.82, 2.24) is 14.8 Å². The van der Waals surface area contributed by atoms with E-state index < -0.39 is 0 Å². The number of nitrogens with two attached hydrogens (primary N) is 1. The molecular formula is C18H24N6. The second-order valence-electron chi connectivity index (χ2n) is 6.66. The van der Waals surface area contributed by atoms with Crippen LogP contribution in [0, 0.1) is 0 Å². The van der Waals surface area contributed by atoms with Gasteiger partial charge < -0.3 is 15.6 Å². The van der Waals surface area contributed by atoms with Crippen molar-refractivity contribution in [2.75, 3.05) is 5.32 Å². The summed E-state index contributed by atoms with van der Waals surface area (Å²) in [4.78, 5) is 4.45. The van der Waals surface area contributed by atoms with Crippen molar-refractivity contribution in [3.05, 3.63) is 41.0 Å². The topological polar surface area (TPSA) is 81.1 Å². The van der Waals surface area contributed by atoms with Crippen molar-refractivity contribution in [2.24, 2.45) is 10.7 Å². The summed E-state index contributed by atoms with van der Waals surface area (Å²) in [6.45, 7) is 1.46. The summed E-state index contributed by atoms with van der Waals surface area (Å²) < 4.78 is 2.21. The summed E-state index contributed by atoms with van der Waals surface area (Å²) in [7, 11) is 0. The number of nitrogens with zero attached hydrogens (tertiary/aromatic N) is 4. The minimum atomic E-state index is 0.430. The molecule has 24 heavy (non-hydrogen) atoms. The van der Waals surface area contributed by atoms with Crippen LogP contribution in [0.4, 0.5) is 5.69 Å².